The van der Waals surface area contributed by atoms with Gasteiger partial charge in [-0.15, -0.1) is 13.2 Å². The Morgan fingerprint density at radius 1 is 1.23 bits per heavy atom. The average Bonchev–Trinajstić information content (AvgIpc) is 1.98. The lowest BCUT2D eigenvalue weighted by molar-refractivity contribution is -0.324. The predicted octanol–water partition coefficient (Wildman–Crippen LogP) is 1.22. The molecule has 0 spiro atoms. The highest BCUT2D eigenvalue weighted by Crippen LogP contribution is 2.16. The van der Waals surface area contributed by atoms with Crippen LogP contribution < -0.4 is 0 Å². The molecular weight excluding hydrogens is 188 g/mol. The Hall–Kier alpha value is -0.265. The molecule has 0 heterocycles. The highest BCUT2D eigenvalue weighted by Gasteiger charge is 2.28. The molecule has 0 rings (SSSR count). The summed E-state index contributed by atoms with van der Waals surface area (Å²) in [6.07, 6.45) is -2.28. The number of hydrogen-bond donors (Lipinski definition) is 2. The third kappa shape index (κ3) is 24.5. The summed E-state index contributed by atoms with van der Waals surface area (Å²) in [5, 5.41) is 14.0. The van der Waals surface area contributed by atoms with Crippen LogP contribution in [0.15, 0.2) is 0 Å². The fourth-order valence-corrected chi connectivity index (χ4v) is 0.540. The summed E-state index contributed by atoms with van der Waals surface area (Å²) in [4.78, 5) is 0. The van der Waals surface area contributed by atoms with E-state index in [1.54, 1.807) is 0 Å². The second-order valence-corrected chi connectivity index (χ2v) is 2.12. The van der Waals surface area contributed by atoms with E-state index in [0.717, 1.165) is 12.8 Å². The summed E-state index contributed by atoms with van der Waals surface area (Å²) < 4.78 is 37.3. The Kier molecular flexibility index (Phi) is 11.5. The van der Waals surface area contributed by atoms with Crippen LogP contribution >= 0.6 is 0 Å². The Labute approximate surface area is 75.8 Å². The van der Waals surface area contributed by atoms with Crippen LogP contribution in [0.3, 0.4) is 0 Å². The third-order valence-corrected chi connectivity index (χ3v) is 1.01. The van der Waals surface area contributed by atoms with Gasteiger partial charge in [0.2, 0.25) is 0 Å². The Morgan fingerprint density at radius 2 is 1.69 bits per heavy atom. The first kappa shape index (κ1) is 15.2. The van der Waals surface area contributed by atoms with Crippen molar-refractivity contribution in [2.75, 3.05) is 6.61 Å². The van der Waals surface area contributed by atoms with Crippen LogP contribution in [-0.4, -0.2) is 30.7 Å². The number of ether oxygens (including phenoxy) is 1. The second kappa shape index (κ2) is 9.82. The van der Waals surface area contributed by atoms with Crippen molar-refractivity contribution in [2.45, 2.75) is 32.5 Å². The third-order valence-electron chi connectivity index (χ3n) is 1.01. The standard InChI is InChI=1S/C6H11F3O.BH2O2/c1-2-3-4-5-10-6(7,8)9;2-1-3/h2-5H2,1H3;2-3H. The van der Waals surface area contributed by atoms with E-state index in [1.165, 1.54) is 0 Å². The summed E-state index contributed by atoms with van der Waals surface area (Å²) in [6, 6.07) is 0. The zero-order chi connectivity index (χ0) is 10.7. The van der Waals surface area contributed by atoms with Crippen molar-refractivity contribution in [3.05, 3.63) is 0 Å². The first-order valence-corrected chi connectivity index (χ1v) is 3.78. The molecule has 13 heavy (non-hydrogen) atoms. The largest absolute Gasteiger partial charge is 0.522 e. The minimum absolute atomic E-state index is 0. The molecule has 0 amide bonds. The lowest BCUT2D eigenvalue weighted by Crippen LogP contribution is -2.13. The maximum Gasteiger partial charge on any atom is 0.522 e. The molecule has 0 fully saturated rings. The van der Waals surface area contributed by atoms with Gasteiger partial charge in [-0.3, -0.25) is 4.74 Å². The van der Waals surface area contributed by atoms with Crippen LogP contribution in [0.5, 0.6) is 0 Å². The van der Waals surface area contributed by atoms with E-state index in [9.17, 15) is 13.2 Å². The molecule has 0 aromatic heterocycles. The van der Waals surface area contributed by atoms with Crippen LogP contribution in [0.1, 0.15) is 26.2 Å². The van der Waals surface area contributed by atoms with Gasteiger partial charge in [0.15, 0.2) is 0 Å². The molecule has 0 aromatic carbocycles. The van der Waals surface area contributed by atoms with Crippen molar-refractivity contribution in [1.82, 2.24) is 0 Å². The Bertz CT molecular complexity index is 99.6. The van der Waals surface area contributed by atoms with Crippen LogP contribution in [0, 0.1) is 0 Å². The van der Waals surface area contributed by atoms with Crippen molar-refractivity contribution in [3.63, 3.8) is 0 Å². The lowest BCUT2D eigenvalue weighted by atomic mass is 10.3. The monoisotopic (exact) mass is 201 g/mol. The zero-order valence-corrected chi connectivity index (χ0v) is 7.34. The molecule has 1 radical (unpaired) electrons. The summed E-state index contributed by atoms with van der Waals surface area (Å²) in [5.41, 5.74) is 0. The summed E-state index contributed by atoms with van der Waals surface area (Å²) in [5.74, 6) is 0. The SMILES string of the molecule is CCCCCOC(F)(F)F.O[B]O. The molecule has 79 valence electrons. The number of hydrogen-bond acceptors (Lipinski definition) is 3. The Morgan fingerprint density at radius 3 is 2.00 bits per heavy atom. The number of rotatable bonds is 4. The molecule has 0 atom stereocenters. The van der Waals surface area contributed by atoms with Crippen molar-refractivity contribution in [2.24, 2.45) is 0 Å². The molecule has 7 heteroatoms. The van der Waals surface area contributed by atoms with Crippen molar-refractivity contribution < 1.29 is 28.0 Å². The van der Waals surface area contributed by atoms with Gasteiger partial charge in [-0.1, -0.05) is 19.8 Å². The van der Waals surface area contributed by atoms with E-state index in [2.05, 4.69) is 4.74 Å². The van der Waals surface area contributed by atoms with Crippen LogP contribution in [0.25, 0.3) is 0 Å². The van der Waals surface area contributed by atoms with E-state index in [-0.39, 0.29) is 14.3 Å². The van der Waals surface area contributed by atoms with Crippen molar-refractivity contribution in [3.8, 4) is 0 Å². The molecule has 2 N–H and O–H groups in total. The van der Waals surface area contributed by atoms with Gasteiger partial charge < -0.3 is 10.0 Å². The van der Waals surface area contributed by atoms with Gasteiger partial charge >= 0.3 is 14.0 Å². The van der Waals surface area contributed by atoms with Gasteiger partial charge in [0, 0.05) is 0 Å². The molecule has 0 aromatic rings. The van der Waals surface area contributed by atoms with Crippen LogP contribution in [0.4, 0.5) is 13.2 Å². The zero-order valence-electron chi connectivity index (χ0n) is 7.34. The predicted molar refractivity (Wildman–Crippen MR) is 41.7 cm³/mol. The summed E-state index contributed by atoms with van der Waals surface area (Å²) >= 11 is 0. The van der Waals surface area contributed by atoms with Crippen molar-refractivity contribution in [1.29, 1.82) is 0 Å². The highest BCUT2D eigenvalue weighted by atomic mass is 19.4. The number of alkyl halides is 3. The fourth-order valence-electron chi connectivity index (χ4n) is 0.540. The first-order valence-electron chi connectivity index (χ1n) is 3.78. The first-order chi connectivity index (χ1) is 5.97. The van der Waals surface area contributed by atoms with E-state index >= 15 is 0 Å². The Balaban J connectivity index is 0. The quantitative estimate of drug-likeness (QED) is 0.530. The van der Waals surface area contributed by atoms with Crippen molar-refractivity contribution >= 4 is 7.69 Å². The average molecular weight is 201 g/mol. The smallest absolute Gasteiger partial charge is 0.429 e. The number of unbranched alkanes of at least 4 members (excludes halogenated alkanes) is 2. The molecule has 0 aliphatic rings. The molecule has 3 nitrogen and oxygen atoms in total. The van der Waals surface area contributed by atoms with Gasteiger partial charge in [-0.2, -0.15) is 0 Å². The van der Waals surface area contributed by atoms with Crippen LogP contribution in [0.2, 0.25) is 0 Å². The lowest BCUT2D eigenvalue weighted by Gasteiger charge is -2.05. The van der Waals surface area contributed by atoms with E-state index < -0.39 is 6.36 Å². The van der Waals surface area contributed by atoms with Gasteiger partial charge in [0.05, 0.1) is 6.61 Å². The van der Waals surface area contributed by atoms with Gasteiger partial charge in [0.1, 0.15) is 0 Å². The molecular formula is C6H13BF3O3. The van der Waals surface area contributed by atoms with E-state index in [0.29, 0.717) is 6.42 Å². The second-order valence-electron chi connectivity index (χ2n) is 2.12. The van der Waals surface area contributed by atoms with Gasteiger partial charge in [0.25, 0.3) is 0 Å². The van der Waals surface area contributed by atoms with E-state index in [1.807, 2.05) is 6.92 Å². The van der Waals surface area contributed by atoms with Gasteiger partial charge in [-0.05, 0) is 6.42 Å². The maximum absolute atomic E-state index is 11.3. The molecule has 0 aliphatic heterocycles. The fraction of sp³-hybridized carbons (Fsp3) is 1.00. The molecule has 0 saturated carbocycles. The van der Waals surface area contributed by atoms with Crippen LogP contribution in [-0.2, 0) is 4.74 Å². The molecule has 0 aliphatic carbocycles. The molecule has 0 saturated heterocycles. The summed E-state index contributed by atoms with van der Waals surface area (Å²) in [6.45, 7) is 1.71. The van der Waals surface area contributed by atoms with E-state index in [4.69, 9.17) is 10.0 Å². The number of halogens is 3. The van der Waals surface area contributed by atoms with Gasteiger partial charge in [-0.25, -0.2) is 0 Å². The summed E-state index contributed by atoms with van der Waals surface area (Å²) in [7, 11) is 0. The highest BCUT2D eigenvalue weighted by molar-refractivity contribution is 6.13. The maximum atomic E-state index is 11.3. The molecule has 0 bridgehead atoms. The normalized spacial score (nSPS) is 10.3. The minimum Gasteiger partial charge on any atom is -0.429 e. The topological polar surface area (TPSA) is 49.7 Å². The molecule has 0 unspecified atom stereocenters. The minimum atomic E-state index is -4.45.